The summed E-state index contributed by atoms with van der Waals surface area (Å²) in [7, 11) is -1.54. The predicted octanol–water partition coefficient (Wildman–Crippen LogP) is 2.48. The smallest absolute Gasteiger partial charge is 0.243 e. The van der Waals surface area contributed by atoms with Gasteiger partial charge in [-0.05, 0) is 56.5 Å². The highest BCUT2D eigenvalue weighted by atomic mass is 32.2. The first-order valence-electron chi connectivity index (χ1n) is 8.33. The van der Waals surface area contributed by atoms with Crippen molar-refractivity contribution in [2.24, 2.45) is 5.92 Å². The van der Waals surface area contributed by atoms with Crippen molar-refractivity contribution in [1.82, 2.24) is 9.62 Å². The zero-order chi connectivity index (χ0) is 16.9. The molecule has 130 valence electrons. The van der Waals surface area contributed by atoms with Crippen LogP contribution in [0.5, 0.6) is 5.75 Å². The minimum absolute atomic E-state index is 0.233. The van der Waals surface area contributed by atoms with Gasteiger partial charge >= 0.3 is 0 Å². The van der Waals surface area contributed by atoms with Gasteiger partial charge in [0.15, 0.2) is 0 Å². The van der Waals surface area contributed by atoms with Crippen LogP contribution in [-0.4, -0.2) is 45.5 Å². The van der Waals surface area contributed by atoms with Gasteiger partial charge in [0.25, 0.3) is 0 Å². The molecular weight excluding hydrogens is 312 g/mol. The van der Waals surface area contributed by atoms with E-state index in [9.17, 15) is 8.42 Å². The Bertz CT molecular complexity index is 584. The predicted molar refractivity (Wildman–Crippen MR) is 92.2 cm³/mol. The van der Waals surface area contributed by atoms with E-state index < -0.39 is 10.0 Å². The largest absolute Gasteiger partial charge is 0.494 e. The van der Waals surface area contributed by atoms with Crippen LogP contribution in [0.25, 0.3) is 0 Å². The maximum absolute atomic E-state index is 12.7. The molecule has 1 fully saturated rings. The van der Waals surface area contributed by atoms with E-state index in [0.29, 0.717) is 30.5 Å². The van der Waals surface area contributed by atoms with Crippen molar-refractivity contribution in [2.75, 3.05) is 26.7 Å². The van der Waals surface area contributed by atoms with Crippen LogP contribution in [-0.2, 0) is 10.0 Å². The molecule has 23 heavy (non-hydrogen) atoms. The zero-order valence-electron chi connectivity index (χ0n) is 14.3. The molecule has 5 nitrogen and oxygen atoms in total. The molecule has 0 bridgehead atoms. The summed E-state index contributed by atoms with van der Waals surface area (Å²) in [6, 6.07) is 7.00. The van der Waals surface area contributed by atoms with Gasteiger partial charge in [0.05, 0.1) is 11.5 Å². The first-order chi connectivity index (χ1) is 10.9. The van der Waals surface area contributed by atoms with Gasteiger partial charge in [-0.1, -0.05) is 13.8 Å². The number of hydrogen-bond donors (Lipinski definition) is 1. The van der Waals surface area contributed by atoms with Gasteiger partial charge in [0, 0.05) is 19.1 Å². The van der Waals surface area contributed by atoms with Gasteiger partial charge in [-0.25, -0.2) is 8.42 Å². The minimum atomic E-state index is -3.42. The fraction of sp³-hybridized carbons (Fsp3) is 0.647. The van der Waals surface area contributed by atoms with Crippen molar-refractivity contribution < 1.29 is 13.2 Å². The summed E-state index contributed by atoms with van der Waals surface area (Å²) in [6.45, 7) is 6.07. The van der Waals surface area contributed by atoms with Gasteiger partial charge in [-0.2, -0.15) is 4.31 Å². The van der Waals surface area contributed by atoms with Crippen LogP contribution in [0.3, 0.4) is 0 Å². The topological polar surface area (TPSA) is 58.6 Å². The summed E-state index contributed by atoms with van der Waals surface area (Å²) >= 11 is 0. The van der Waals surface area contributed by atoms with Crippen molar-refractivity contribution in [2.45, 2.75) is 44.0 Å². The van der Waals surface area contributed by atoms with Crippen molar-refractivity contribution in [3.05, 3.63) is 24.3 Å². The Labute approximate surface area is 140 Å². The molecule has 1 N–H and O–H groups in total. The second-order valence-electron chi connectivity index (χ2n) is 6.49. The van der Waals surface area contributed by atoms with E-state index in [1.807, 2.05) is 7.05 Å². The highest BCUT2D eigenvalue weighted by Crippen LogP contribution is 2.23. The Morgan fingerprint density at radius 1 is 1.30 bits per heavy atom. The molecule has 1 aliphatic heterocycles. The highest BCUT2D eigenvalue weighted by molar-refractivity contribution is 7.89. The number of nitrogens with zero attached hydrogens (tertiary/aromatic N) is 1. The van der Waals surface area contributed by atoms with E-state index in [0.717, 1.165) is 25.0 Å². The van der Waals surface area contributed by atoms with Gasteiger partial charge in [0.1, 0.15) is 5.75 Å². The molecule has 0 saturated carbocycles. The molecule has 1 aromatic carbocycles. The number of hydrogen-bond acceptors (Lipinski definition) is 4. The number of piperidine rings is 1. The Kier molecular flexibility index (Phi) is 6.44. The highest BCUT2D eigenvalue weighted by Gasteiger charge is 2.29. The Morgan fingerprint density at radius 2 is 2.00 bits per heavy atom. The number of nitrogens with one attached hydrogen (secondary N) is 1. The molecule has 1 heterocycles. The van der Waals surface area contributed by atoms with Crippen LogP contribution in [0, 0.1) is 5.92 Å². The molecule has 1 aromatic rings. The number of rotatable bonds is 7. The van der Waals surface area contributed by atoms with E-state index >= 15 is 0 Å². The first kappa shape index (κ1) is 18.2. The Morgan fingerprint density at radius 3 is 2.61 bits per heavy atom. The van der Waals surface area contributed by atoms with Crippen LogP contribution in [0.15, 0.2) is 29.2 Å². The lowest BCUT2D eigenvalue weighted by molar-refractivity contribution is 0.288. The third kappa shape index (κ3) is 4.93. The van der Waals surface area contributed by atoms with Crippen LogP contribution >= 0.6 is 0 Å². The van der Waals surface area contributed by atoms with Gasteiger partial charge in [-0.3, -0.25) is 0 Å². The minimum Gasteiger partial charge on any atom is -0.494 e. The molecule has 0 spiro atoms. The fourth-order valence-corrected chi connectivity index (χ4v) is 4.19. The van der Waals surface area contributed by atoms with Crippen LogP contribution in [0.2, 0.25) is 0 Å². The second-order valence-corrected chi connectivity index (χ2v) is 8.43. The molecule has 0 aromatic heterocycles. The molecule has 1 unspecified atom stereocenters. The maximum atomic E-state index is 12.7. The summed E-state index contributed by atoms with van der Waals surface area (Å²) in [4.78, 5) is 0.338. The van der Waals surface area contributed by atoms with E-state index in [1.54, 1.807) is 28.6 Å². The molecule has 0 aliphatic carbocycles. The summed E-state index contributed by atoms with van der Waals surface area (Å²) in [5, 5.41) is 3.17. The summed E-state index contributed by atoms with van der Waals surface area (Å²) < 4.78 is 32.7. The monoisotopic (exact) mass is 340 g/mol. The maximum Gasteiger partial charge on any atom is 0.243 e. The molecule has 1 aliphatic rings. The van der Waals surface area contributed by atoms with E-state index in [2.05, 4.69) is 19.2 Å². The zero-order valence-corrected chi connectivity index (χ0v) is 15.1. The van der Waals surface area contributed by atoms with Gasteiger partial charge < -0.3 is 10.1 Å². The molecule has 1 saturated heterocycles. The molecule has 0 radical (unpaired) electrons. The van der Waals surface area contributed by atoms with E-state index in [-0.39, 0.29) is 6.04 Å². The van der Waals surface area contributed by atoms with Gasteiger partial charge in [-0.15, -0.1) is 0 Å². The van der Waals surface area contributed by atoms with Crippen LogP contribution in [0.1, 0.15) is 33.1 Å². The van der Waals surface area contributed by atoms with E-state index in [4.69, 9.17) is 4.74 Å². The van der Waals surface area contributed by atoms with E-state index in [1.165, 1.54) is 0 Å². The number of benzene rings is 1. The number of ether oxygens (including phenoxy) is 1. The number of likely N-dealkylation sites (N-methyl/N-ethyl adjacent to an activating group) is 1. The SMILES string of the molecule is CNC1CCCN(S(=O)(=O)c2ccc(OCCC(C)C)cc2)C1. The van der Waals surface area contributed by atoms with Crippen molar-refractivity contribution in [1.29, 1.82) is 0 Å². The lowest BCUT2D eigenvalue weighted by Gasteiger charge is -2.31. The molecule has 2 rings (SSSR count). The van der Waals surface area contributed by atoms with Crippen molar-refractivity contribution in [3.8, 4) is 5.75 Å². The van der Waals surface area contributed by atoms with Crippen LogP contribution in [0.4, 0.5) is 0 Å². The Hall–Kier alpha value is -1.11. The standard InChI is InChI=1S/C17H28N2O3S/c1-14(2)10-12-22-16-6-8-17(9-7-16)23(20,21)19-11-4-5-15(13-19)18-3/h6-9,14-15,18H,4-5,10-13H2,1-3H3. The summed E-state index contributed by atoms with van der Waals surface area (Å²) in [5.41, 5.74) is 0. The quantitative estimate of drug-likeness (QED) is 0.828. The summed E-state index contributed by atoms with van der Waals surface area (Å²) in [6.07, 6.45) is 2.89. The lowest BCUT2D eigenvalue weighted by atomic mass is 10.1. The first-order valence-corrected chi connectivity index (χ1v) is 9.77. The van der Waals surface area contributed by atoms with Crippen LogP contribution < -0.4 is 10.1 Å². The molecular formula is C17H28N2O3S. The molecule has 1 atom stereocenters. The molecule has 6 heteroatoms. The molecule has 0 amide bonds. The summed E-state index contributed by atoms with van der Waals surface area (Å²) in [5.74, 6) is 1.31. The lowest BCUT2D eigenvalue weighted by Crippen LogP contribution is -2.46. The normalized spacial score (nSPS) is 19.9. The number of sulfonamides is 1. The average Bonchev–Trinajstić information content (AvgIpc) is 2.55. The van der Waals surface area contributed by atoms with Gasteiger partial charge in [0.2, 0.25) is 10.0 Å². The second kappa shape index (κ2) is 8.13. The average molecular weight is 340 g/mol. The third-order valence-electron chi connectivity index (χ3n) is 4.22. The van der Waals surface area contributed by atoms with Crippen molar-refractivity contribution >= 4 is 10.0 Å². The van der Waals surface area contributed by atoms with Crippen molar-refractivity contribution in [3.63, 3.8) is 0 Å². The fourth-order valence-electron chi connectivity index (χ4n) is 2.67. The third-order valence-corrected chi connectivity index (χ3v) is 6.10. The Balaban J connectivity index is 2.02.